The topological polar surface area (TPSA) is 50.3 Å². The molecule has 98 valence electrons. The third-order valence-corrected chi connectivity index (χ3v) is 6.82. The summed E-state index contributed by atoms with van der Waals surface area (Å²) in [7, 11) is -1.94. The number of rotatable bonds is 4. The number of thiazole rings is 1. The normalized spacial score (nSPS) is 12.2. The number of nitrogens with zero attached hydrogens (tertiary/aromatic N) is 2. The second-order valence-electron chi connectivity index (χ2n) is 3.72. The van der Waals surface area contributed by atoms with Crippen molar-refractivity contribution in [1.29, 1.82) is 0 Å². The number of hydrogen-bond acceptors (Lipinski definition) is 5. The molecule has 0 saturated heterocycles. The molecule has 0 N–H and O–H groups in total. The first kappa shape index (κ1) is 14.0. The number of aromatic nitrogens is 1. The molecule has 0 saturated carbocycles. The maximum Gasteiger partial charge on any atom is 0.254 e. The highest BCUT2D eigenvalue weighted by atomic mass is 35.5. The van der Waals surface area contributed by atoms with E-state index in [0.717, 1.165) is 21.8 Å². The summed E-state index contributed by atoms with van der Waals surface area (Å²) in [6.45, 7) is 2.33. The summed E-state index contributed by atoms with van der Waals surface area (Å²) < 4.78 is 26.2. The van der Waals surface area contributed by atoms with Crippen molar-refractivity contribution in [3.05, 3.63) is 32.6 Å². The Morgan fingerprint density at radius 1 is 1.50 bits per heavy atom. The van der Waals surface area contributed by atoms with Crippen molar-refractivity contribution >= 4 is 44.3 Å². The second kappa shape index (κ2) is 5.26. The van der Waals surface area contributed by atoms with Gasteiger partial charge in [-0.2, -0.15) is 4.31 Å². The summed E-state index contributed by atoms with van der Waals surface area (Å²) in [6.07, 6.45) is 1.29. The van der Waals surface area contributed by atoms with Crippen molar-refractivity contribution in [2.75, 3.05) is 7.05 Å². The van der Waals surface area contributed by atoms with E-state index in [2.05, 4.69) is 4.98 Å². The number of halogens is 1. The first-order chi connectivity index (χ1) is 8.41. The molecule has 0 aliphatic rings. The van der Waals surface area contributed by atoms with E-state index in [1.165, 1.54) is 10.5 Å². The SMILES string of the molecule is Cc1ccsc1CN(C)S(=O)(=O)c1cnc(Cl)s1. The number of hydrogen-bond donors (Lipinski definition) is 0. The highest BCUT2D eigenvalue weighted by Gasteiger charge is 2.24. The first-order valence-corrected chi connectivity index (χ1v) is 8.53. The van der Waals surface area contributed by atoms with E-state index in [1.54, 1.807) is 18.4 Å². The van der Waals surface area contributed by atoms with E-state index >= 15 is 0 Å². The molecule has 0 aliphatic carbocycles. The zero-order valence-electron chi connectivity index (χ0n) is 9.75. The molecule has 0 radical (unpaired) electrons. The van der Waals surface area contributed by atoms with E-state index in [0.29, 0.717) is 6.54 Å². The van der Waals surface area contributed by atoms with E-state index in [4.69, 9.17) is 11.6 Å². The zero-order chi connectivity index (χ0) is 13.3. The molecule has 2 aromatic rings. The van der Waals surface area contributed by atoms with E-state index < -0.39 is 10.0 Å². The molecule has 2 rings (SSSR count). The molecule has 0 spiro atoms. The molecular weight excluding hydrogens is 312 g/mol. The predicted molar refractivity (Wildman–Crippen MR) is 74.8 cm³/mol. The summed E-state index contributed by atoms with van der Waals surface area (Å²) in [4.78, 5) is 4.80. The van der Waals surface area contributed by atoms with Gasteiger partial charge < -0.3 is 0 Å². The molecule has 4 nitrogen and oxygen atoms in total. The van der Waals surface area contributed by atoms with Crippen LogP contribution in [0.4, 0.5) is 0 Å². The lowest BCUT2D eigenvalue weighted by atomic mass is 10.3. The molecule has 2 aromatic heterocycles. The minimum Gasteiger partial charge on any atom is -0.232 e. The van der Waals surface area contributed by atoms with Crippen LogP contribution in [0.25, 0.3) is 0 Å². The van der Waals surface area contributed by atoms with Crippen molar-refractivity contribution < 1.29 is 8.42 Å². The molecule has 0 atom stereocenters. The largest absolute Gasteiger partial charge is 0.254 e. The average Bonchev–Trinajstić information content (AvgIpc) is 2.89. The predicted octanol–water partition coefficient (Wildman–Crippen LogP) is 2.99. The standard InChI is InChI=1S/C10H11ClN2O2S3/c1-7-3-4-16-8(7)6-13(2)18(14,15)9-5-12-10(11)17-9/h3-5H,6H2,1-2H3. The fourth-order valence-corrected chi connectivity index (χ4v) is 5.05. The Morgan fingerprint density at radius 2 is 2.22 bits per heavy atom. The summed E-state index contributed by atoms with van der Waals surface area (Å²) >= 11 is 8.18. The Balaban J connectivity index is 2.23. The molecule has 0 fully saturated rings. The fourth-order valence-electron chi connectivity index (χ4n) is 1.37. The van der Waals surface area contributed by atoms with Crippen molar-refractivity contribution in [2.45, 2.75) is 17.7 Å². The lowest BCUT2D eigenvalue weighted by Gasteiger charge is -2.15. The minimum absolute atomic E-state index is 0.171. The fraction of sp³-hybridized carbons (Fsp3) is 0.300. The van der Waals surface area contributed by atoms with Crippen molar-refractivity contribution in [1.82, 2.24) is 9.29 Å². The van der Waals surface area contributed by atoms with Gasteiger partial charge in [-0.1, -0.05) is 22.9 Å². The Bertz CT molecular complexity index is 648. The van der Waals surface area contributed by atoms with Crippen LogP contribution >= 0.6 is 34.3 Å². The van der Waals surface area contributed by atoms with Crippen molar-refractivity contribution in [3.63, 3.8) is 0 Å². The molecule has 0 bridgehead atoms. The van der Waals surface area contributed by atoms with Crippen LogP contribution in [0.1, 0.15) is 10.4 Å². The third kappa shape index (κ3) is 2.75. The van der Waals surface area contributed by atoms with E-state index in [9.17, 15) is 8.42 Å². The Kier molecular flexibility index (Phi) is 4.08. The maximum atomic E-state index is 12.2. The van der Waals surface area contributed by atoms with Crippen molar-refractivity contribution in [2.24, 2.45) is 0 Å². The summed E-state index contributed by atoms with van der Waals surface area (Å²) in [5, 5.41) is 1.95. The molecule has 0 aliphatic heterocycles. The van der Waals surface area contributed by atoms with Gasteiger partial charge in [0.05, 0.1) is 6.20 Å². The first-order valence-electron chi connectivity index (χ1n) is 5.02. The van der Waals surface area contributed by atoms with Gasteiger partial charge in [-0.15, -0.1) is 11.3 Å². The molecule has 18 heavy (non-hydrogen) atoms. The highest BCUT2D eigenvalue weighted by Crippen LogP contribution is 2.27. The van der Waals surface area contributed by atoms with Crippen LogP contribution in [-0.4, -0.2) is 24.8 Å². The minimum atomic E-state index is -3.50. The van der Waals surface area contributed by atoms with Gasteiger partial charge in [0.1, 0.15) is 0 Å². The molecule has 8 heteroatoms. The highest BCUT2D eigenvalue weighted by molar-refractivity contribution is 7.91. The van der Waals surface area contributed by atoms with Gasteiger partial charge in [-0.05, 0) is 23.9 Å². The van der Waals surface area contributed by atoms with Gasteiger partial charge in [-0.25, -0.2) is 13.4 Å². The number of aryl methyl sites for hydroxylation is 1. The van der Waals surface area contributed by atoms with Crippen LogP contribution in [0.3, 0.4) is 0 Å². The quantitative estimate of drug-likeness (QED) is 0.869. The summed E-state index contributed by atoms with van der Waals surface area (Å²) in [5.41, 5.74) is 1.10. The zero-order valence-corrected chi connectivity index (χ0v) is 13.0. The molecular formula is C10H11ClN2O2S3. The van der Waals surface area contributed by atoms with Crippen LogP contribution < -0.4 is 0 Å². The van der Waals surface area contributed by atoms with Gasteiger partial charge in [0.25, 0.3) is 10.0 Å². The van der Waals surface area contributed by atoms with Gasteiger partial charge in [0.2, 0.25) is 0 Å². The molecule has 2 heterocycles. The third-order valence-electron chi connectivity index (χ3n) is 2.46. The summed E-state index contributed by atoms with van der Waals surface area (Å²) in [6, 6.07) is 1.98. The monoisotopic (exact) mass is 322 g/mol. The van der Waals surface area contributed by atoms with Gasteiger partial charge in [0, 0.05) is 18.5 Å². The molecule has 0 aromatic carbocycles. The van der Waals surface area contributed by atoms with Gasteiger partial charge >= 0.3 is 0 Å². The van der Waals surface area contributed by atoms with E-state index in [-0.39, 0.29) is 8.68 Å². The molecule has 0 amide bonds. The van der Waals surface area contributed by atoms with E-state index in [1.807, 2.05) is 18.4 Å². The summed E-state index contributed by atoms with van der Waals surface area (Å²) in [5.74, 6) is 0. The van der Waals surface area contributed by atoms with Crippen LogP contribution in [0, 0.1) is 6.92 Å². The second-order valence-corrected chi connectivity index (χ2v) is 8.61. The van der Waals surface area contributed by atoms with Crippen LogP contribution in [0.2, 0.25) is 4.47 Å². The Morgan fingerprint density at radius 3 is 2.72 bits per heavy atom. The Labute approximate surface area is 119 Å². The van der Waals surface area contributed by atoms with Gasteiger partial charge in [0.15, 0.2) is 8.68 Å². The smallest absolute Gasteiger partial charge is 0.232 e. The van der Waals surface area contributed by atoms with Crippen molar-refractivity contribution in [3.8, 4) is 0 Å². The van der Waals surface area contributed by atoms with Gasteiger partial charge in [-0.3, -0.25) is 0 Å². The lowest BCUT2D eigenvalue weighted by molar-refractivity contribution is 0.470. The van der Waals surface area contributed by atoms with Crippen LogP contribution in [0.15, 0.2) is 21.9 Å². The average molecular weight is 323 g/mol. The maximum absolute atomic E-state index is 12.2. The Hall–Kier alpha value is -0.470. The van der Waals surface area contributed by atoms with Crippen LogP contribution in [0.5, 0.6) is 0 Å². The van der Waals surface area contributed by atoms with Crippen LogP contribution in [-0.2, 0) is 16.6 Å². The number of thiophene rings is 1. The molecule has 0 unspecified atom stereocenters. The number of sulfonamides is 1. The lowest BCUT2D eigenvalue weighted by Crippen LogP contribution is -2.25.